The van der Waals surface area contributed by atoms with Crippen molar-refractivity contribution in [1.29, 1.82) is 0 Å². The van der Waals surface area contributed by atoms with E-state index >= 15 is 0 Å². The van der Waals surface area contributed by atoms with Crippen molar-refractivity contribution in [3.8, 4) is 0 Å². The van der Waals surface area contributed by atoms with E-state index in [2.05, 4.69) is 21.3 Å². The highest BCUT2D eigenvalue weighted by atomic mass is 16.5. The number of rotatable bonds is 8. The van der Waals surface area contributed by atoms with Gasteiger partial charge in [-0.2, -0.15) is 0 Å². The van der Waals surface area contributed by atoms with E-state index in [1.807, 2.05) is 81.4 Å². The lowest BCUT2D eigenvalue weighted by molar-refractivity contribution is -0.148. The number of hydrogen-bond donors (Lipinski definition) is 5. The number of methoxy groups -OCH3 is 2. The predicted molar refractivity (Wildman–Crippen MR) is 227 cm³/mol. The molecule has 12 heteroatoms. The fraction of sp³-hybridized carbons (Fsp3) is 0.326. The average molecular weight is 786 g/mol. The Hall–Kier alpha value is -6.43. The van der Waals surface area contributed by atoms with Gasteiger partial charge in [-0.1, -0.05) is 91.9 Å². The summed E-state index contributed by atoms with van der Waals surface area (Å²) < 4.78 is 9.89. The van der Waals surface area contributed by atoms with Crippen LogP contribution in [0.2, 0.25) is 0 Å². The molecule has 58 heavy (non-hydrogen) atoms. The number of fused-ring (bicyclic) bond motifs is 2. The van der Waals surface area contributed by atoms with Crippen LogP contribution in [-0.4, -0.2) is 55.1 Å². The van der Waals surface area contributed by atoms with Crippen LogP contribution in [0, 0.1) is 20.8 Å². The standard InChI is InChI=1S/C28H31N3O4.C18H20N2O3/c1-17-13-18(2)24(19(3)14-17)30-27(34)29-23-16-21-10-6-5-9-20(21)15-22(23)25(32)31-28(26(33)35-4)11-7-8-12-28;1-23-17(22)18(8-4-5-9-18)20-16(21)14-10-12-6-2-3-7-13(12)11-15(14)19/h5-6,9-10,13-16H,7-8,11-12H2,1-4H3,(H,31,32)(H2,29,30,34);2-3,6-7,10-11H,4-5,8-9,19H2,1H3,(H,20,21). The van der Waals surface area contributed by atoms with Gasteiger partial charge in [0.15, 0.2) is 0 Å². The number of aryl methyl sites for hydroxylation is 3. The number of amides is 4. The number of hydrogen-bond acceptors (Lipinski definition) is 8. The summed E-state index contributed by atoms with van der Waals surface area (Å²) in [6.45, 7) is 5.89. The summed E-state index contributed by atoms with van der Waals surface area (Å²) in [7, 11) is 2.68. The van der Waals surface area contributed by atoms with E-state index < -0.39 is 29.0 Å². The summed E-state index contributed by atoms with van der Waals surface area (Å²) >= 11 is 0. The Morgan fingerprint density at radius 1 is 0.569 bits per heavy atom. The van der Waals surface area contributed by atoms with Gasteiger partial charge in [-0.05, 0) is 103 Å². The molecule has 12 nitrogen and oxygen atoms in total. The summed E-state index contributed by atoms with van der Waals surface area (Å²) in [5, 5.41) is 15.2. The fourth-order valence-electron chi connectivity index (χ4n) is 8.31. The first-order valence-electron chi connectivity index (χ1n) is 19.6. The molecule has 0 bridgehead atoms. The molecule has 0 unspecified atom stereocenters. The van der Waals surface area contributed by atoms with Gasteiger partial charge in [0.05, 0.1) is 31.0 Å². The number of carbonyl (C=O) groups is 5. The quantitative estimate of drug-likeness (QED) is 0.0771. The number of nitrogens with one attached hydrogen (secondary N) is 4. The van der Waals surface area contributed by atoms with E-state index in [1.54, 1.807) is 24.3 Å². The normalized spacial score (nSPS) is 15.1. The molecule has 4 amide bonds. The smallest absolute Gasteiger partial charge is 0.331 e. The van der Waals surface area contributed by atoms with Gasteiger partial charge >= 0.3 is 18.0 Å². The van der Waals surface area contributed by atoms with Crippen LogP contribution in [0.25, 0.3) is 21.5 Å². The topological polar surface area (TPSA) is 178 Å². The number of nitrogens with two attached hydrogens (primary N) is 1. The van der Waals surface area contributed by atoms with Crippen LogP contribution in [0.15, 0.2) is 84.9 Å². The van der Waals surface area contributed by atoms with Crippen LogP contribution in [0.5, 0.6) is 0 Å². The van der Waals surface area contributed by atoms with E-state index in [0.717, 1.165) is 69.6 Å². The minimum atomic E-state index is -1.05. The lowest BCUT2D eigenvalue weighted by Gasteiger charge is -2.27. The van der Waals surface area contributed by atoms with Gasteiger partial charge in [-0.3, -0.25) is 9.59 Å². The average Bonchev–Trinajstić information content (AvgIpc) is 3.89. The molecule has 0 aliphatic heterocycles. The summed E-state index contributed by atoms with van der Waals surface area (Å²) in [5.41, 5.74) is 9.25. The molecular formula is C46H51N5O7. The number of urea groups is 1. The maximum atomic E-state index is 13.5. The van der Waals surface area contributed by atoms with Crippen molar-refractivity contribution in [3.63, 3.8) is 0 Å². The van der Waals surface area contributed by atoms with Gasteiger partial charge in [0.2, 0.25) is 0 Å². The molecule has 2 fully saturated rings. The molecule has 2 saturated carbocycles. The fourth-order valence-corrected chi connectivity index (χ4v) is 8.31. The first kappa shape index (κ1) is 41.2. The van der Waals surface area contributed by atoms with Crippen molar-refractivity contribution >= 4 is 68.4 Å². The van der Waals surface area contributed by atoms with Crippen molar-refractivity contribution in [3.05, 3.63) is 113 Å². The molecule has 2 aliphatic rings. The minimum absolute atomic E-state index is 0.284. The second-order valence-corrected chi connectivity index (χ2v) is 15.4. The molecule has 6 N–H and O–H groups in total. The first-order chi connectivity index (χ1) is 27.8. The molecule has 302 valence electrons. The zero-order valence-electron chi connectivity index (χ0n) is 33.7. The Balaban J connectivity index is 0.000000213. The third kappa shape index (κ3) is 8.76. The van der Waals surface area contributed by atoms with Gasteiger partial charge in [0.1, 0.15) is 11.1 Å². The van der Waals surface area contributed by atoms with Crippen LogP contribution in [0.3, 0.4) is 0 Å². The molecule has 0 spiro atoms. The van der Waals surface area contributed by atoms with Crippen LogP contribution < -0.4 is 27.0 Å². The molecular weight excluding hydrogens is 735 g/mol. The Labute approximate surface area is 338 Å². The zero-order chi connectivity index (χ0) is 41.6. The summed E-state index contributed by atoms with van der Waals surface area (Å²) in [6, 6.07) is 25.9. The molecule has 0 radical (unpaired) electrons. The first-order valence-corrected chi connectivity index (χ1v) is 19.6. The molecule has 2 aliphatic carbocycles. The molecule has 0 saturated heterocycles. The SMILES string of the molecule is COC(=O)C1(NC(=O)c2cc3ccccc3cc2N)CCCC1.COC(=O)C1(NC(=O)c2cc3ccccc3cc2NC(=O)Nc2c(C)cc(C)cc2C)CCCC1. The van der Waals surface area contributed by atoms with Crippen LogP contribution in [-0.2, 0) is 19.1 Å². The van der Waals surface area contributed by atoms with Crippen molar-refractivity contribution in [1.82, 2.24) is 10.6 Å². The highest BCUT2D eigenvalue weighted by molar-refractivity contribution is 6.11. The maximum Gasteiger partial charge on any atom is 0.331 e. The lowest BCUT2D eigenvalue weighted by Crippen LogP contribution is -2.53. The van der Waals surface area contributed by atoms with Crippen molar-refractivity contribution in [2.75, 3.05) is 30.6 Å². The zero-order valence-corrected chi connectivity index (χ0v) is 33.7. The third-order valence-corrected chi connectivity index (χ3v) is 11.2. The van der Waals surface area contributed by atoms with Crippen molar-refractivity contribution in [2.45, 2.75) is 83.2 Å². The molecule has 7 rings (SSSR count). The molecule has 0 aromatic heterocycles. The lowest BCUT2D eigenvalue weighted by atomic mass is 9.96. The van der Waals surface area contributed by atoms with Gasteiger partial charge in [0, 0.05) is 11.4 Å². The van der Waals surface area contributed by atoms with Gasteiger partial charge in [0.25, 0.3) is 11.8 Å². The van der Waals surface area contributed by atoms with E-state index in [1.165, 1.54) is 14.2 Å². The van der Waals surface area contributed by atoms with Crippen LogP contribution in [0.4, 0.5) is 21.9 Å². The van der Waals surface area contributed by atoms with E-state index in [-0.39, 0.29) is 17.4 Å². The Bertz CT molecular complexity index is 2370. The van der Waals surface area contributed by atoms with Crippen LogP contribution in [0.1, 0.15) is 88.8 Å². The van der Waals surface area contributed by atoms with Crippen LogP contribution >= 0.6 is 0 Å². The van der Waals surface area contributed by atoms with Crippen molar-refractivity contribution < 1.29 is 33.4 Å². The molecule has 0 heterocycles. The van der Waals surface area contributed by atoms with E-state index in [4.69, 9.17) is 15.2 Å². The monoisotopic (exact) mass is 785 g/mol. The maximum absolute atomic E-state index is 13.5. The Kier molecular flexibility index (Phi) is 12.3. The summed E-state index contributed by atoms with van der Waals surface area (Å²) in [6.07, 6.45) is 5.68. The van der Waals surface area contributed by atoms with E-state index in [9.17, 15) is 24.0 Å². The number of esters is 2. The third-order valence-electron chi connectivity index (χ3n) is 11.2. The Morgan fingerprint density at radius 2 is 0.983 bits per heavy atom. The second kappa shape index (κ2) is 17.4. The predicted octanol–water partition coefficient (Wildman–Crippen LogP) is 8.26. The second-order valence-electron chi connectivity index (χ2n) is 15.4. The highest BCUT2D eigenvalue weighted by Crippen LogP contribution is 2.34. The van der Waals surface area contributed by atoms with Gasteiger partial charge in [-0.25, -0.2) is 14.4 Å². The number of nitrogen functional groups attached to an aromatic ring is 1. The van der Waals surface area contributed by atoms with Gasteiger partial charge < -0.3 is 36.5 Å². The summed E-state index contributed by atoms with van der Waals surface area (Å²) in [4.78, 5) is 63.9. The summed E-state index contributed by atoms with van der Waals surface area (Å²) in [5.74, 6) is -1.59. The molecule has 5 aromatic carbocycles. The number of anilines is 3. The Morgan fingerprint density at radius 3 is 1.45 bits per heavy atom. The molecule has 5 aromatic rings. The molecule has 0 atom stereocenters. The number of benzene rings is 5. The number of carbonyl (C=O) groups excluding carboxylic acids is 5. The van der Waals surface area contributed by atoms with Gasteiger partial charge in [-0.15, -0.1) is 0 Å². The number of ether oxygens (including phenoxy) is 2. The van der Waals surface area contributed by atoms with Crippen molar-refractivity contribution in [2.24, 2.45) is 0 Å². The highest BCUT2D eigenvalue weighted by Gasteiger charge is 2.45. The minimum Gasteiger partial charge on any atom is -0.467 e. The van der Waals surface area contributed by atoms with E-state index in [0.29, 0.717) is 42.6 Å². The largest absolute Gasteiger partial charge is 0.467 e.